The Morgan fingerprint density at radius 2 is 1.76 bits per heavy atom. The van der Waals surface area contributed by atoms with Crippen LogP contribution in [0.1, 0.15) is 44.6 Å². The van der Waals surface area contributed by atoms with Crippen molar-refractivity contribution in [3.8, 4) is 0 Å². The number of aryl methyl sites for hydroxylation is 1. The molecular weight excluding hydrogens is 264 g/mol. The summed E-state index contributed by atoms with van der Waals surface area (Å²) in [6.07, 6.45) is 10.6. The number of allylic oxidation sites excluding steroid dienone is 2. The standard InChI is InChI=1S/C16H20O.C2H4O2/c17-16(13-11-15-8-4-5-9-15)12-10-14-6-2-1-3-7-14;1-2(3)4/h1-3,6-7,11,13,15H,4-5,8-10,12H2;1H3,(H,3,4)/b13-11+;. The molecule has 3 nitrogen and oxygen atoms in total. The molecule has 3 heteroatoms. The molecule has 0 unspecified atom stereocenters. The molecule has 0 heterocycles. The van der Waals surface area contributed by atoms with Crippen LogP contribution < -0.4 is 0 Å². The molecule has 0 bridgehead atoms. The van der Waals surface area contributed by atoms with Crippen LogP contribution in [0.15, 0.2) is 42.5 Å². The molecular formula is C18H24O3. The maximum atomic E-state index is 11.7. The lowest BCUT2D eigenvalue weighted by Crippen LogP contribution is -1.97. The topological polar surface area (TPSA) is 54.4 Å². The van der Waals surface area contributed by atoms with Gasteiger partial charge in [0.1, 0.15) is 0 Å². The second kappa shape index (κ2) is 9.92. The summed E-state index contributed by atoms with van der Waals surface area (Å²) in [5.74, 6) is 0.0939. The molecule has 0 aliphatic heterocycles. The lowest BCUT2D eigenvalue weighted by molar-refractivity contribution is -0.134. The SMILES string of the molecule is CC(=O)O.O=C(/C=C/C1CCCC1)CCc1ccccc1. The number of rotatable bonds is 5. The first kappa shape index (κ1) is 17.2. The van der Waals surface area contributed by atoms with Crippen molar-refractivity contribution in [2.45, 2.75) is 45.4 Å². The van der Waals surface area contributed by atoms with E-state index in [0.29, 0.717) is 12.3 Å². The molecule has 0 amide bonds. The van der Waals surface area contributed by atoms with Gasteiger partial charge in [0.2, 0.25) is 0 Å². The van der Waals surface area contributed by atoms with Crippen molar-refractivity contribution < 1.29 is 14.7 Å². The van der Waals surface area contributed by atoms with Crippen LogP contribution in [-0.4, -0.2) is 16.9 Å². The number of benzene rings is 1. The molecule has 1 N–H and O–H groups in total. The van der Waals surface area contributed by atoms with Crippen molar-refractivity contribution in [1.82, 2.24) is 0 Å². The van der Waals surface area contributed by atoms with Crippen molar-refractivity contribution >= 4 is 11.8 Å². The van der Waals surface area contributed by atoms with E-state index in [4.69, 9.17) is 9.90 Å². The van der Waals surface area contributed by atoms with E-state index >= 15 is 0 Å². The Labute approximate surface area is 126 Å². The molecule has 2 rings (SSSR count). The summed E-state index contributed by atoms with van der Waals surface area (Å²) in [5, 5.41) is 7.42. The second-order valence-electron chi connectivity index (χ2n) is 5.37. The summed E-state index contributed by atoms with van der Waals surface area (Å²) in [7, 11) is 0. The predicted octanol–water partition coefficient (Wildman–Crippen LogP) is 4.03. The molecule has 114 valence electrons. The Morgan fingerprint density at radius 1 is 1.19 bits per heavy atom. The largest absolute Gasteiger partial charge is 0.481 e. The maximum absolute atomic E-state index is 11.7. The van der Waals surface area contributed by atoms with Gasteiger partial charge >= 0.3 is 0 Å². The molecule has 1 saturated carbocycles. The molecule has 21 heavy (non-hydrogen) atoms. The normalized spacial score (nSPS) is 14.7. The van der Waals surface area contributed by atoms with E-state index < -0.39 is 5.97 Å². The van der Waals surface area contributed by atoms with Gasteiger partial charge in [0.05, 0.1) is 0 Å². The highest BCUT2D eigenvalue weighted by Gasteiger charge is 2.11. The van der Waals surface area contributed by atoms with Crippen molar-refractivity contribution in [1.29, 1.82) is 0 Å². The van der Waals surface area contributed by atoms with Gasteiger partial charge in [-0.25, -0.2) is 0 Å². The van der Waals surface area contributed by atoms with Crippen molar-refractivity contribution in [2.24, 2.45) is 5.92 Å². The van der Waals surface area contributed by atoms with Crippen LogP contribution in [0.25, 0.3) is 0 Å². The van der Waals surface area contributed by atoms with Gasteiger partial charge in [-0.3, -0.25) is 9.59 Å². The number of hydrogen-bond donors (Lipinski definition) is 1. The summed E-state index contributed by atoms with van der Waals surface area (Å²) in [5.41, 5.74) is 1.25. The Balaban J connectivity index is 0.000000491. The van der Waals surface area contributed by atoms with E-state index in [2.05, 4.69) is 18.2 Å². The molecule has 0 atom stereocenters. The fourth-order valence-electron chi connectivity index (χ4n) is 2.39. The fourth-order valence-corrected chi connectivity index (χ4v) is 2.39. The van der Waals surface area contributed by atoms with Crippen LogP contribution in [0.3, 0.4) is 0 Å². The third kappa shape index (κ3) is 8.79. The lowest BCUT2D eigenvalue weighted by atomic mass is 10.0. The molecule has 1 fully saturated rings. The lowest BCUT2D eigenvalue weighted by Gasteiger charge is -2.00. The molecule has 1 aromatic carbocycles. The van der Waals surface area contributed by atoms with Crippen LogP contribution in [0.4, 0.5) is 0 Å². The van der Waals surface area contributed by atoms with E-state index in [9.17, 15) is 4.79 Å². The number of carbonyl (C=O) groups is 2. The van der Waals surface area contributed by atoms with E-state index in [0.717, 1.165) is 13.3 Å². The number of hydrogen-bond acceptors (Lipinski definition) is 2. The smallest absolute Gasteiger partial charge is 0.300 e. The Kier molecular flexibility index (Phi) is 8.10. The number of carbonyl (C=O) groups excluding carboxylic acids is 1. The minimum Gasteiger partial charge on any atom is -0.481 e. The highest BCUT2D eigenvalue weighted by atomic mass is 16.4. The average Bonchev–Trinajstić information content (AvgIpc) is 2.97. The number of carboxylic acids is 1. The number of aliphatic carboxylic acids is 1. The second-order valence-corrected chi connectivity index (χ2v) is 5.37. The maximum Gasteiger partial charge on any atom is 0.300 e. The zero-order valence-electron chi connectivity index (χ0n) is 12.6. The number of carboxylic acid groups (broad SMARTS) is 1. The van der Waals surface area contributed by atoms with Crippen LogP contribution in [0.5, 0.6) is 0 Å². The predicted molar refractivity (Wildman–Crippen MR) is 84.2 cm³/mol. The summed E-state index contributed by atoms with van der Waals surface area (Å²) in [6, 6.07) is 10.2. The van der Waals surface area contributed by atoms with E-state index in [-0.39, 0.29) is 5.78 Å². The Morgan fingerprint density at radius 3 is 2.33 bits per heavy atom. The van der Waals surface area contributed by atoms with Gasteiger partial charge in [-0.05, 0) is 36.8 Å². The van der Waals surface area contributed by atoms with Gasteiger partial charge in [0.15, 0.2) is 5.78 Å². The third-order valence-corrected chi connectivity index (χ3v) is 3.46. The molecule has 1 aromatic rings. The van der Waals surface area contributed by atoms with Crippen LogP contribution in [-0.2, 0) is 16.0 Å². The Bertz CT molecular complexity index is 453. The highest BCUT2D eigenvalue weighted by molar-refractivity contribution is 5.89. The first-order valence-corrected chi connectivity index (χ1v) is 7.52. The van der Waals surface area contributed by atoms with Crippen LogP contribution >= 0.6 is 0 Å². The molecule has 0 spiro atoms. The zero-order valence-corrected chi connectivity index (χ0v) is 12.6. The Hall–Kier alpha value is -1.90. The first-order chi connectivity index (χ1) is 10.1. The van der Waals surface area contributed by atoms with E-state index in [1.54, 1.807) is 6.08 Å². The van der Waals surface area contributed by atoms with Crippen molar-refractivity contribution in [2.75, 3.05) is 0 Å². The van der Waals surface area contributed by atoms with Gasteiger partial charge in [-0.1, -0.05) is 49.2 Å². The highest BCUT2D eigenvalue weighted by Crippen LogP contribution is 2.25. The molecule has 1 aliphatic rings. The molecule has 0 aromatic heterocycles. The zero-order chi connectivity index (χ0) is 15.5. The summed E-state index contributed by atoms with van der Waals surface area (Å²) < 4.78 is 0. The monoisotopic (exact) mass is 288 g/mol. The van der Waals surface area contributed by atoms with Gasteiger partial charge in [-0.15, -0.1) is 0 Å². The van der Waals surface area contributed by atoms with E-state index in [1.165, 1.54) is 31.2 Å². The minimum absolute atomic E-state index is 0.265. The van der Waals surface area contributed by atoms with Gasteiger partial charge in [0.25, 0.3) is 5.97 Å². The number of ketones is 1. The first-order valence-electron chi connectivity index (χ1n) is 7.52. The van der Waals surface area contributed by atoms with Gasteiger partial charge < -0.3 is 5.11 Å². The summed E-state index contributed by atoms with van der Waals surface area (Å²) in [6.45, 7) is 1.08. The third-order valence-electron chi connectivity index (χ3n) is 3.46. The van der Waals surface area contributed by atoms with Crippen molar-refractivity contribution in [3.05, 3.63) is 48.0 Å². The quantitative estimate of drug-likeness (QED) is 0.832. The average molecular weight is 288 g/mol. The van der Waals surface area contributed by atoms with Gasteiger partial charge in [-0.2, -0.15) is 0 Å². The fraction of sp³-hybridized carbons (Fsp3) is 0.444. The van der Waals surface area contributed by atoms with Crippen molar-refractivity contribution in [3.63, 3.8) is 0 Å². The summed E-state index contributed by atoms with van der Waals surface area (Å²) >= 11 is 0. The van der Waals surface area contributed by atoms with Gasteiger partial charge in [0, 0.05) is 13.3 Å². The van der Waals surface area contributed by atoms with E-state index in [1.807, 2.05) is 18.2 Å². The minimum atomic E-state index is -0.833. The molecule has 0 saturated heterocycles. The summed E-state index contributed by atoms with van der Waals surface area (Å²) in [4.78, 5) is 20.7. The van der Waals surface area contributed by atoms with Crippen LogP contribution in [0, 0.1) is 5.92 Å². The molecule has 0 radical (unpaired) electrons. The molecule has 1 aliphatic carbocycles. The van der Waals surface area contributed by atoms with Crippen LogP contribution in [0.2, 0.25) is 0 Å².